The number of carbonyl (C=O) groups is 1. The van der Waals surface area contributed by atoms with Crippen LogP contribution < -0.4 is 10.9 Å². The Morgan fingerprint density at radius 3 is 3.04 bits per heavy atom. The highest BCUT2D eigenvalue weighted by Crippen LogP contribution is 2.30. The van der Waals surface area contributed by atoms with Gasteiger partial charge >= 0.3 is 0 Å². The van der Waals surface area contributed by atoms with E-state index < -0.39 is 0 Å². The summed E-state index contributed by atoms with van der Waals surface area (Å²) in [4.78, 5) is 34.9. The van der Waals surface area contributed by atoms with Crippen LogP contribution in [0, 0.1) is 5.92 Å². The molecule has 138 valence electrons. The molecule has 0 spiro atoms. The molecule has 1 saturated heterocycles. The average Bonchev–Trinajstić information content (AvgIpc) is 3.09. The van der Waals surface area contributed by atoms with Crippen molar-refractivity contribution in [2.45, 2.75) is 6.92 Å². The van der Waals surface area contributed by atoms with Gasteiger partial charge in [-0.1, -0.05) is 6.92 Å². The van der Waals surface area contributed by atoms with Crippen LogP contribution in [0.4, 0.5) is 5.69 Å². The lowest BCUT2D eigenvalue weighted by Gasteiger charge is -2.36. The van der Waals surface area contributed by atoms with E-state index in [1.54, 1.807) is 16.8 Å². The summed E-state index contributed by atoms with van der Waals surface area (Å²) >= 11 is 4.86. The Kier molecular flexibility index (Phi) is 3.81. The zero-order chi connectivity index (χ0) is 18.7. The molecule has 1 aliphatic rings. The molecule has 0 bridgehead atoms. The van der Waals surface area contributed by atoms with Gasteiger partial charge in [0.15, 0.2) is 0 Å². The topological polar surface area (TPSA) is 95.4 Å². The van der Waals surface area contributed by atoms with Crippen molar-refractivity contribution < 1.29 is 4.79 Å². The summed E-state index contributed by atoms with van der Waals surface area (Å²) in [6.07, 6.45) is 3.41. The molecule has 0 aliphatic carbocycles. The second kappa shape index (κ2) is 6.11. The first-order valence-corrected chi connectivity index (χ1v) is 10.1. The molecule has 0 aromatic carbocycles. The fourth-order valence-corrected chi connectivity index (χ4v) is 5.02. The fourth-order valence-electron chi connectivity index (χ4n) is 3.55. The number of aromatic amines is 1. The number of hydrogen-bond acceptors (Lipinski definition) is 6. The van der Waals surface area contributed by atoms with Gasteiger partial charge in [-0.05, 0) is 27.9 Å². The van der Waals surface area contributed by atoms with Gasteiger partial charge in [0.1, 0.15) is 21.3 Å². The maximum atomic E-state index is 12.6. The molecule has 0 saturated carbocycles. The molecule has 0 atom stereocenters. The Morgan fingerprint density at radius 1 is 1.44 bits per heavy atom. The average molecular weight is 447 g/mol. The number of nitrogens with zero attached hydrogens (tertiary/aromatic N) is 4. The van der Waals surface area contributed by atoms with Gasteiger partial charge in [-0.2, -0.15) is 5.10 Å². The quantitative estimate of drug-likeness (QED) is 0.503. The highest BCUT2D eigenvalue weighted by molar-refractivity contribution is 9.11. The number of amides is 1. The molecule has 1 amide bonds. The van der Waals surface area contributed by atoms with Crippen LogP contribution in [0.5, 0.6) is 0 Å². The first-order chi connectivity index (χ1) is 13.0. The minimum absolute atomic E-state index is 0.0844. The smallest absolute Gasteiger partial charge is 0.261 e. The van der Waals surface area contributed by atoms with Crippen LogP contribution in [0.25, 0.3) is 26.8 Å². The van der Waals surface area contributed by atoms with Gasteiger partial charge in [-0.3, -0.25) is 19.5 Å². The maximum absolute atomic E-state index is 12.6. The first-order valence-electron chi connectivity index (χ1n) is 8.49. The Labute approximate surface area is 165 Å². The van der Waals surface area contributed by atoms with Crippen molar-refractivity contribution in [1.29, 1.82) is 0 Å². The van der Waals surface area contributed by atoms with E-state index in [9.17, 15) is 9.59 Å². The van der Waals surface area contributed by atoms with Gasteiger partial charge in [0.05, 0.1) is 33.9 Å². The lowest BCUT2D eigenvalue weighted by atomic mass is 10.0. The predicted octanol–water partition coefficient (Wildman–Crippen LogP) is 2.44. The molecular formula is C17H15BrN6O2S. The number of thiazole rings is 1. The van der Waals surface area contributed by atoms with Gasteiger partial charge in [0.2, 0.25) is 5.91 Å². The Bertz CT molecular complexity index is 1270. The lowest BCUT2D eigenvalue weighted by molar-refractivity contribution is -0.118. The number of fused-ring (bicyclic) bond motifs is 5. The molecule has 4 aromatic heterocycles. The molecule has 10 heteroatoms. The normalized spacial score (nSPS) is 15.6. The largest absolute Gasteiger partial charge is 0.324 e. The molecule has 0 radical (unpaired) electrons. The van der Waals surface area contributed by atoms with Gasteiger partial charge < -0.3 is 10.3 Å². The number of nitrogens with one attached hydrogen (secondary N) is 2. The summed E-state index contributed by atoms with van der Waals surface area (Å²) < 4.78 is 2.58. The van der Waals surface area contributed by atoms with E-state index in [0.717, 1.165) is 21.7 Å². The monoisotopic (exact) mass is 446 g/mol. The maximum Gasteiger partial charge on any atom is 0.261 e. The third-order valence-electron chi connectivity index (χ3n) is 4.66. The van der Waals surface area contributed by atoms with Crippen LogP contribution in [0.2, 0.25) is 0 Å². The molecule has 0 unspecified atom stereocenters. The predicted molar refractivity (Wildman–Crippen MR) is 108 cm³/mol. The number of H-pyrrole nitrogens is 1. The van der Waals surface area contributed by atoms with E-state index in [1.165, 1.54) is 11.3 Å². The van der Waals surface area contributed by atoms with E-state index in [0.29, 0.717) is 40.1 Å². The zero-order valence-electron chi connectivity index (χ0n) is 14.3. The number of halogens is 1. The molecule has 4 aromatic rings. The van der Waals surface area contributed by atoms with Crippen molar-refractivity contribution in [3.63, 3.8) is 0 Å². The van der Waals surface area contributed by atoms with E-state index in [4.69, 9.17) is 0 Å². The fraction of sp³-hybridized carbons (Fsp3) is 0.294. The van der Waals surface area contributed by atoms with Crippen molar-refractivity contribution in [3.8, 4) is 0 Å². The molecule has 5 heterocycles. The van der Waals surface area contributed by atoms with Crippen LogP contribution >= 0.6 is 27.3 Å². The van der Waals surface area contributed by atoms with Crippen LogP contribution in [-0.4, -0.2) is 50.0 Å². The third kappa shape index (κ3) is 2.84. The Hall–Kier alpha value is -2.30. The minimum atomic E-state index is -0.221. The summed E-state index contributed by atoms with van der Waals surface area (Å²) in [5, 5.41) is 7.87. The van der Waals surface area contributed by atoms with Crippen LogP contribution in [0.1, 0.15) is 6.92 Å². The van der Waals surface area contributed by atoms with Gasteiger partial charge in [0.25, 0.3) is 5.56 Å². The second-order valence-corrected chi connectivity index (χ2v) is 9.34. The number of hydrogen-bond donors (Lipinski definition) is 2. The van der Waals surface area contributed by atoms with Crippen LogP contribution in [0.15, 0.2) is 27.0 Å². The number of likely N-dealkylation sites (tertiary alicyclic amines) is 1. The molecule has 5 rings (SSSR count). The zero-order valence-corrected chi connectivity index (χ0v) is 16.7. The van der Waals surface area contributed by atoms with Crippen molar-refractivity contribution in [2.75, 3.05) is 25.0 Å². The van der Waals surface area contributed by atoms with E-state index in [2.05, 4.69) is 48.1 Å². The summed E-state index contributed by atoms with van der Waals surface area (Å²) in [7, 11) is 0. The molecule has 8 nitrogen and oxygen atoms in total. The minimum Gasteiger partial charge on any atom is -0.324 e. The molecular weight excluding hydrogens is 432 g/mol. The van der Waals surface area contributed by atoms with E-state index in [1.807, 2.05) is 6.20 Å². The number of aromatic nitrogens is 4. The number of carbonyl (C=O) groups excluding carboxylic acids is 1. The summed E-state index contributed by atoms with van der Waals surface area (Å²) in [6.45, 7) is 4.42. The van der Waals surface area contributed by atoms with Crippen LogP contribution in [0.3, 0.4) is 0 Å². The number of anilines is 1. The summed E-state index contributed by atoms with van der Waals surface area (Å²) in [5.74, 6) is 0.566. The SMILES string of the molecule is CC1CN(CC(=O)Nc2cnc3c(c2)[nH]c(=O)c2c3nn3cc(Br)sc23)C1. The van der Waals surface area contributed by atoms with E-state index in [-0.39, 0.29) is 11.5 Å². The highest BCUT2D eigenvalue weighted by atomic mass is 79.9. The lowest BCUT2D eigenvalue weighted by Crippen LogP contribution is -2.48. The number of pyridine rings is 2. The van der Waals surface area contributed by atoms with Gasteiger partial charge in [0, 0.05) is 13.1 Å². The third-order valence-corrected chi connectivity index (χ3v) is 6.24. The van der Waals surface area contributed by atoms with Crippen molar-refractivity contribution in [1.82, 2.24) is 24.5 Å². The first kappa shape index (κ1) is 16.8. The van der Waals surface area contributed by atoms with E-state index >= 15 is 0 Å². The van der Waals surface area contributed by atoms with Gasteiger partial charge in [-0.25, -0.2) is 4.52 Å². The molecule has 1 aliphatic heterocycles. The molecule has 1 fully saturated rings. The second-order valence-electron chi connectivity index (χ2n) is 6.93. The van der Waals surface area contributed by atoms with Crippen molar-refractivity contribution in [2.24, 2.45) is 5.92 Å². The van der Waals surface area contributed by atoms with Crippen LogP contribution in [-0.2, 0) is 4.79 Å². The summed E-state index contributed by atoms with van der Waals surface area (Å²) in [6, 6.07) is 1.73. The summed E-state index contributed by atoms with van der Waals surface area (Å²) in [5.41, 5.74) is 2.04. The van der Waals surface area contributed by atoms with Crippen molar-refractivity contribution >= 4 is 65.6 Å². The Morgan fingerprint density at radius 2 is 2.26 bits per heavy atom. The molecule has 27 heavy (non-hydrogen) atoms. The standard InChI is InChI=1S/C17H15BrN6O2S/c1-8-4-23(5-8)7-12(25)20-9-2-10-14(19-3-9)15-13(16(26)21-10)17-24(22-15)6-11(18)27-17/h2-3,6,8H,4-5,7H2,1H3,(H,20,25)(H,21,26). The molecule has 2 N–H and O–H groups in total. The highest BCUT2D eigenvalue weighted by Gasteiger charge is 2.24. The Balaban J connectivity index is 1.51. The van der Waals surface area contributed by atoms with Gasteiger partial charge in [-0.15, -0.1) is 11.3 Å². The van der Waals surface area contributed by atoms with Crippen molar-refractivity contribution in [3.05, 3.63) is 32.6 Å². The number of rotatable bonds is 3.